The van der Waals surface area contributed by atoms with Gasteiger partial charge in [-0.15, -0.1) is 0 Å². The van der Waals surface area contributed by atoms with E-state index < -0.39 is 0 Å². The lowest BCUT2D eigenvalue weighted by Crippen LogP contribution is -2.15. The molecule has 236 valence electrons. The van der Waals surface area contributed by atoms with Crippen molar-refractivity contribution >= 4 is 0 Å². The van der Waals surface area contributed by atoms with E-state index in [2.05, 4.69) is 9.78 Å². The molecular weight excluding hydrogens is 522 g/mol. The van der Waals surface area contributed by atoms with Crippen LogP contribution < -0.4 is 5.73 Å². The van der Waals surface area contributed by atoms with Crippen LogP contribution in [0.3, 0.4) is 0 Å². The molecule has 0 fully saturated rings. The minimum atomic E-state index is 0.398. The van der Waals surface area contributed by atoms with Crippen LogP contribution in [0.1, 0.15) is 0 Å². The van der Waals surface area contributed by atoms with Crippen LogP contribution in [0.25, 0.3) is 0 Å². The second-order valence-electron chi connectivity index (χ2n) is 7.51. The van der Waals surface area contributed by atoms with Crippen molar-refractivity contribution < 1.29 is 61.9 Å². The first-order valence-corrected chi connectivity index (χ1v) is 13.6. The molecule has 0 aliphatic carbocycles. The van der Waals surface area contributed by atoms with Crippen LogP contribution in [0.4, 0.5) is 0 Å². The van der Waals surface area contributed by atoms with Gasteiger partial charge in [0.25, 0.3) is 0 Å². The Balaban J connectivity index is 3.01. The highest BCUT2D eigenvalue weighted by atomic mass is 17.2. The van der Waals surface area contributed by atoms with Crippen molar-refractivity contribution in [1.29, 1.82) is 0 Å². The topological polar surface area (TPSA) is 146 Å². The largest absolute Gasteiger partial charge is 0.378 e. The molecule has 0 aliphatic rings. The fraction of sp³-hybridized carbons (Fsp3) is 1.00. The minimum Gasteiger partial charge on any atom is -0.378 e. The van der Waals surface area contributed by atoms with Gasteiger partial charge in [0.1, 0.15) is 6.61 Å². The molecule has 0 radical (unpaired) electrons. The fourth-order valence-corrected chi connectivity index (χ4v) is 2.56. The van der Waals surface area contributed by atoms with Crippen LogP contribution in [0.5, 0.6) is 0 Å². The number of nitrogens with two attached hydrogens (primary N) is 1. The third kappa shape index (κ3) is 37.4. The van der Waals surface area contributed by atoms with Gasteiger partial charge in [0, 0.05) is 6.54 Å². The van der Waals surface area contributed by atoms with Crippen molar-refractivity contribution in [3.05, 3.63) is 0 Å². The summed E-state index contributed by atoms with van der Waals surface area (Å²) < 4.78 is 59.3. The van der Waals surface area contributed by atoms with Crippen molar-refractivity contribution in [2.75, 3.05) is 166 Å². The van der Waals surface area contributed by atoms with Gasteiger partial charge in [0.15, 0.2) is 0 Å². The summed E-state index contributed by atoms with van der Waals surface area (Å²) in [7, 11) is 1.46. The summed E-state index contributed by atoms with van der Waals surface area (Å²) in [6, 6.07) is 0. The zero-order valence-corrected chi connectivity index (χ0v) is 23.9. The lowest BCUT2D eigenvalue weighted by atomic mass is 10.6. The Labute approximate surface area is 233 Å². The van der Waals surface area contributed by atoms with Gasteiger partial charge in [-0.05, 0) is 0 Å². The Morgan fingerprint density at radius 2 is 0.462 bits per heavy atom. The van der Waals surface area contributed by atoms with E-state index >= 15 is 0 Å². The summed E-state index contributed by atoms with van der Waals surface area (Å²) in [5.41, 5.74) is 5.32. The zero-order chi connectivity index (χ0) is 28.2. The summed E-state index contributed by atoms with van der Waals surface area (Å²) in [6.07, 6.45) is 0. The van der Waals surface area contributed by atoms with Gasteiger partial charge >= 0.3 is 0 Å². The van der Waals surface area contributed by atoms with Crippen LogP contribution in [0.2, 0.25) is 0 Å². The Morgan fingerprint density at radius 1 is 0.282 bits per heavy atom. The molecule has 39 heavy (non-hydrogen) atoms. The maximum Gasteiger partial charge on any atom is 0.106 e. The van der Waals surface area contributed by atoms with Gasteiger partial charge in [0.05, 0.1) is 152 Å². The maximum atomic E-state index is 5.45. The van der Waals surface area contributed by atoms with Crippen molar-refractivity contribution in [2.45, 2.75) is 0 Å². The number of rotatable bonds is 36. The van der Waals surface area contributed by atoms with Crippen LogP contribution in [-0.2, 0) is 61.9 Å². The highest BCUT2D eigenvalue weighted by molar-refractivity contribution is 4.39. The van der Waals surface area contributed by atoms with E-state index in [4.69, 9.17) is 57.8 Å². The monoisotopic (exact) mass is 575 g/mol. The number of hydrogen-bond acceptors (Lipinski definition) is 14. The molecule has 14 nitrogen and oxygen atoms in total. The van der Waals surface area contributed by atoms with Crippen molar-refractivity contribution in [3.8, 4) is 0 Å². The van der Waals surface area contributed by atoms with Gasteiger partial charge in [-0.3, -0.25) is 0 Å². The van der Waals surface area contributed by atoms with E-state index in [0.717, 1.165) is 0 Å². The summed E-state index contributed by atoms with van der Waals surface area (Å²) in [5.74, 6) is 0. The highest BCUT2D eigenvalue weighted by Gasteiger charge is 1.96. The molecule has 0 saturated carbocycles. The van der Waals surface area contributed by atoms with Crippen LogP contribution in [0.15, 0.2) is 0 Å². The third-order valence-corrected chi connectivity index (χ3v) is 4.41. The first kappa shape index (κ1) is 38.4. The van der Waals surface area contributed by atoms with Crippen LogP contribution in [0, 0.1) is 0 Å². The Morgan fingerprint density at radius 3 is 0.641 bits per heavy atom. The normalized spacial score (nSPS) is 11.5. The van der Waals surface area contributed by atoms with Crippen molar-refractivity contribution in [2.24, 2.45) is 5.73 Å². The fourth-order valence-electron chi connectivity index (χ4n) is 2.56. The first-order chi connectivity index (χ1) is 19.4. The molecule has 0 saturated heterocycles. The zero-order valence-electron chi connectivity index (χ0n) is 23.9. The molecule has 0 amide bonds. The molecular formula is C25H53NO13. The average Bonchev–Trinajstić information content (AvgIpc) is 2.95. The van der Waals surface area contributed by atoms with Crippen LogP contribution in [-0.4, -0.2) is 166 Å². The standard InChI is InChI=1S/C25H53NO13/c1-27-39-25-24-38-23-22-37-21-20-36-19-18-35-17-16-34-15-14-33-13-12-32-11-10-31-9-8-30-7-6-29-5-4-28-3-2-26/h2-26H2,1H3. The van der Waals surface area contributed by atoms with Gasteiger partial charge in [0.2, 0.25) is 0 Å². The molecule has 0 aromatic heterocycles. The summed E-state index contributed by atoms with van der Waals surface area (Å²) in [5, 5.41) is 0. The molecule has 0 aromatic carbocycles. The molecule has 0 unspecified atom stereocenters. The van der Waals surface area contributed by atoms with Gasteiger partial charge in [-0.25, -0.2) is 9.78 Å². The van der Waals surface area contributed by atoms with Crippen molar-refractivity contribution in [3.63, 3.8) is 0 Å². The maximum absolute atomic E-state index is 5.45. The third-order valence-electron chi connectivity index (χ3n) is 4.41. The van der Waals surface area contributed by atoms with Crippen LogP contribution >= 0.6 is 0 Å². The average molecular weight is 576 g/mol. The molecule has 0 bridgehead atoms. The quantitative estimate of drug-likeness (QED) is 0.0593. The second kappa shape index (κ2) is 37.4. The lowest BCUT2D eigenvalue weighted by Gasteiger charge is -2.09. The van der Waals surface area contributed by atoms with E-state index in [1.54, 1.807) is 0 Å². The summed E-state index contributed by atoms with van der Waals surface area (Å²) >= 11 is 0. The molecule has 0 aromatic rings. The SMILES string of the molecule is COOCCOCCOCCOCCOCCOCCOCCOCCOCCOCCOCCOCCN. The molecule has 0 heterocycles. The van der Waals surface area contributed by atoms with E-state index in [9.17, 15) is 0 Å². The Kier molecular flexibility index (Phi) is 36.9. The molecule has 0 atom stereocenters. The predicted octanol–water partition coefficient (Wildman–Crippen LogP) is -0.294. The van der Waals surface area contributed by atoms with Crippen molar-refractivity contribution in [1.82, 2.24) is 0 Å². The summed E-state index contributed by atoms with van der Waals surface area (Å²) in [4.78, 5) is 9.13. The molecule has 2 N–H and O–H groups in total. The molecule has 0 rings (SSSR count). The van der Waals surface area contributed by atoms with Gasteiger partial charge < -0.3 is 57.8 Å². The van der Waals surface area contributed by atoms with Gasteiger partial charge in [-0.1, -0.05) is 0 Å². The van der Waals surface area contributed by atoms with E-state index in [0.29, 0.717) is 159 Å². The Hall–Kier alpha value is -0.560. The smallest absolute Gasteiger partial charge is 0.106 e. The second-order valence-corrected chi connectivity index (χ2v) is 7.51. The summed E-state index contributed by atoms with van der Waals surface area (Å²) in [6.45, 7) is 12.3. The molecule has 0 spiro atoms. The minimum absolute atomic E-state index is 0.398. The van der Waals surface area contributed by atoms with E-state index in [-0.39, 0.29) is 0 Å². The Bertz CT molecular complexity index is 391. The number of ether oxygens (including phenoxy) is 11. The molecule has 14 heteroatoms. The van der Waals surface area contributed by atoms with E-state index in [1.165, 1.54) is 7.11 Å². The van der Waals surface area contributed by atoms with E-state index in [1.807, 2.05) is 0 Å². The predicted molar refractivity (Wildman–Crippen MR) is 141 cm³/mol. The highest BCUT2D eigenvalue weighted by Crippen LogP contribution is 1.87. The number of hydrogen-bond donors (Lipinski definition) is 1. The molecule has 0 aliphatic heterocycles. The first-order valence-electron chi connectivity index (χ1n) is 13.6. The lowest BCUT2D eigenvalue weighted by molar-refractivity contribution is -0.277. The van der Waals surface area contributed by atoms with Gasteiger partial charge in [-0.2, -0.15) is 0 Å².